The molecule has 1 saturated heterocycles. The van der Waals surface area contributed by atoms with Gasteiger partial charge in [-0.05, 0) is 75.1 Å². The summed E-state index contributed by atoms with van der Waals surface area (Å²) in [5.41, 5.74) is 7.99. The van der Waals surface area contributed by atoms with Gasteiger partial charge in [-0.2, -0.15) is 0 Å². The monoisotopic (exact) mass is 402 g/mol. The van der Waals surface area contributed by atoms with E-state index in [1.807, 2.05) is 13.1 Å². The molecule has 148 valence electrons. The van der Waals surface area contributed by atoms with E-state index in [0.29, 0.717) is 6.61 Å². The fourth-order valence-electron chi connectivity index (χ4n) is 3.40. The normalized spacial score (nSPS) is 18.7. The van der Waals surface area contributed by atoms with Crippen LogP contribution in [0.5, 0.6) is 0 Å². The number of rotatable bonds is 9. The van der Waals surface area contributed by atoms with Gasteiger partial charge in [0.15, 0.2) is 11.1 Å². The second kappa shape index (κ2) is 10.6. The van der Waals surface area contributed by atoms with Gasteiger partial charge in [0.1, 0.15) is 6.23 Å². The van der Waals surface area contributed by atoms with Crippen molar-refractivity contribution in [3.63, 3.8) is 0 Å². The number of hydrazine groups is 1. The van der Waals surface area contributed by atoms with Crippen molar-refractivity contribution in [3.05, 3.63) is 27.8 Å². The zero-order chi connectivity index (χ0) is 19.1. The SMILES string of the molecule is CNN(c1cc(Cl)c(CCCCOS(C)=O)c(C)c1C)C1CCCCO1. The van der Waals surface area contributed by atoms with Crippen LogP contribution >= 0.6 is 11.6 Å². The molecule has 0 aliphatic carbocycles. The van der Waals surface area contributed by atoms with Crippen LogP contribution in [0, 0.1) is 13.8 Å². The van der Waals surface area contributed by atoms with E-state index in [-0.39, 0.29) is 6.23 Å². The van der Waals surface area contributed by atoms with Crippen molar-refractivity contribution in [1.29, 1.82) is 0 Å². The Hall–Kier alpha value is -0.660. The van der Waals surface area contributed by atoms with E-state index in [9.17, 15) is 4.21 Å². The molecule has 0 aromatic heterocycles. The van der Waals surface area contributed by atoms with Crippen LogP contribution in [0.15, 0.2) is 6.07 Å². The van der Waals surface area contributed by atoms with E-state index < -0.39 is 11.1 Å². The second-order valence-corrected chi connectivity index (χ2v) is 8.15. The highest BCUT2D eigenvalue weighted by Gasteiger charge is 2.24. The summed E-state index contributed by atoms with van der Waals surface area (Å²) in [4.78, 5) is 0. The second-order valence-electron chi connectivity index (χ2n) is 6.70. The molecule has 0 saturated carbocycles. The average molecular weight is 403 g/mol. The van der Waals surface area contributed by atoms with Crippen LogP contribution in [-0.2, 0) is 26.4 Å². The lowest BCUT2D eigenvalue weighted by Crippen LogP contribution is -2.47. The van der Waals surface area contributed by atoms with Crippen molar-refractivity contribution in [2.45, 2.75) is 58.6 Å². The summed E-state index contributed by atoms with van der Waals surface area (Å²) >= 11 is 5.45. The highest BCUT2D eigenvalue weighted by molar-refractivity contribution is 7.79. The summed E-state index contributed by atoms with van der Waals surface area (Å²) in [7, 11) is 1.92. The fraction of sp³-hybridized carbons (Fsp3) is 0.684. The van der Waals surface area contributed by atoms with E-state index in [1.54, 1.807) is 6.26 Å². The van der Waals surface area contributed by atoms with E-state index >= 15 is 0 Å². The first-order valence-corrected chi connectivity index (χ1v) is 11.1. The van der Waals surface area contributed by atoms with Crippen LogP contribution < -0.4 is 10.4 Å². The summed E-state index contributed by atoms with van der Waals surface area (Å²) in [5.74, 6) is 0. The summed E-state index contributed by atoms with van der Waals surface area (Å²) < 4.78 is 22.0. The molecule has 26 heavy (non-hydrogen) atoms. The van der Waals surface area contributed by atoms with Gasteiger partial charge < -0.3 is 4.74 Å². The number of hydrogen-bond donors (Lipinski definition) is 1. The molecule has 0 radical (unpaired) electrons. The molecule has 2 atom stereocenters. The van der Waals surface area contributed by atoms with Crippen molar-refractivity contribution in [2.75, 3.05) is 31.5 Å². The number of nitrogens with zero attached hydrogens (tertiary/aromatic N) is 1. The molecule has 1 aliphatic rings. The first-order chi connectivity index (χ1) is 12.5. The molecule has 1 aromatic rings. The van der Waals surface area contributed by atoms with Gasteiger partial charge in [-0.15, -0.1) is 0 Å². The van der Waals surface area contributed by atoms with E-state index in [2.05, 4.69) is 24.3 Å². The molecular formula is C19H31ClN2O3S. The molecule has 1 aliphatic heterocycles. The maximum atomic E-state index is 10.9. The summed E-state index contributed by atoms with van der Waals surface area (Å²) in [6.07, 6.45) is 7.63. The van der Waals surface area contributed by atoms with Gasteiger partial charge in [0.25, 0.3) is 0 Å². The third-order valence-electron chi connectivity index (χ3n) is 4.97. The molecule has 1 aromatic carbocycles. The van der Waals surface area contributed by atoms with Gasteiger partial charge in [0, 0.05) is 24.9 Å². The number of anilines is 1. The third kappa shape index (κ3) is 5.67. The summed E-state index contributed by atoms with van der Waals surface area (Å²) in [6, 6.07) is 2.05. The van der Waals surface area contributed by atoms with Gasteiger partial charge in [-0.1, -0.05) is 11.6 Å². The summed E-state index contributed by atoms with van der Waals surface area (Å²) in [6.45, 7) is 5.59. The van der Waals surface area contributed by atoms with Gasteiger partial charge in [0.05, 0.1) is 12.3 Å². The maximum absolute atomic E-state index is 10.9. The predicted molar refractivity (Wildman–Crippen MR) is 109 cm³/mol. The Morgan fingerprint density at radius 1 is 1.35 bits per heavy atom. The molecule has 5 nitrogen and oxygen atoms in total. The quantitative estimate of drug-likeness (QED) is 0.498. The minimum Gasteiger partial charge on any atom is -0.357 e. The lowest BCUT2D eigenvalue weighted by Gasteiger charge is -2.36. The number of ether oxygens (including phenoxy) is 1. The molecule has 0 amide bonds. The lowest BCUT2D eigenvalue weighted by molar-refractivity contribution is 0.00907. The molecule has 1 N–H and O–H groups in total. The first-order valence-electron chi connectivity index (χ1n) is 9.29. The van der Waals surface area contributed by atoms with Crippen LogP contribution in [0.3, 0.4) is 0 Å². The van der Waals surface area contributed by atoms with Crippen LogP contribution in [-0.4, -0.2) is 37.0 Å². The zero-order valence-corrected chi connectivity index (χ0v) is 17.8. The third-order valence-corrected chi connectivity index (χ3v) is 5.80. The Morgan fingerprint density at radius 2 is 2.12 bits per heavy atom. The minimum atomic E-state index is -1.19. The number of halogens is 1. The Labute approximate surface area is 165 Å². The van der Waals surface area contributed by atoms with Gasteiger partial charge in [0.2, 0.25) is 0 Å². The zero-order valence-electron chi connectivity index (χ0n) is 16.3. The fourth-order valence-corrected chi connectivity index (χ4v) is 4.09. The predicted octanol–water partition coefficient (Wildman–Crippen LogP) is 4.06. The Bertz CT molecular complexity index is 621. The van der Waals surface area contributed by atoms with Crippen LogP contribution in [0.25, 0.3) is 0 Å². The topological polar surface area (TPSA) is 50.8 Å². The van der Waals surface area contributed by atoms with Crippen LogP contribution in [0.4, 0.5) is 5.69 Å². The standard InChI is InChI=1S/C19H31ClN2O3S/c1-14-15(2)18(22(21-3)19-10-6-7-11-24-19)13-17(20)16(14)9-5-8-12-25-26(4)23/h13,19,21H,5-12H2,1-4H3. The molecule has 7 heteroatoms. The highest BCUT2D eigenvalue weighted by atomic mass is 35.5. The van der Waals surface area contributed by atoms with Crippen molar-refractivity contribution in [3.8, 4) is 0 Å². The van der Waals surface area contributed by atoms with Crippen LogP contribution in [0.2, 0.25) is 5.02 Å². The van der Waals surface area contributed by atoms with Gasteiger partial charge in [-0.25, -0.2) is 9.63 Å². The smallest absolute Gasteiger partial charge is 0.152 e. The molecule has 0 bridgehead atoms. The Morgan fingerprint density at radius 3 is 2.73 bits per heavy atom. The largest absolute Gasteiger partial charge is 0.357 e. The van der Waals surface area contributed by atoms with Crippen molar-refractivity contribution in [1.82, 2.24) is 5.43 Å². The summed E-state index contributed by atoms with van der Waals surface area (Å²) in [5, 5.41) is 2.89. The van der Waals surface area contributed by atoms with E-state index in [1.165, 1.54) is 23.1 Å². The molecule has 0 spiro atoms. The Kier molecular flexibility index (Phi) is 8.84. The first kappa shape index (κ1) is 21.6. The van der Waals surface area contributed by atoms with Crippen molar-refractivity contribution >= 4 is 28.4 Å². The van der Waals surface area contributed by atoms with Gasteiger partial charge in [-0.3, -0.25) is 9.19 Å². The maximum Gasteiger partial charge on any atom is 0.152 e. The average Bonchev–Trinajstić information content (AvgIpc) is 2.62. The molecule has 1 heterocycles. The Balaban J connectivity index is 2.11. The van der Waals surface area contributed by atoms with Crippen LogP contribution in [0.1, 0.15) is 48.8 Å². The number of benzene rings is 1. The number of hydrogen-bond acceptors (Lipinski definition) is 5. The number of unbranched alkanes of at least 4 members (excludes halogenated alkanes) is 1. The minimum absolute atomic E-state index is 0.0424. The highest BCUT2D eigenvalue weighted by Crippen LogP contribution is 2.34. The molecule has 1 fully saturated rings. The van der Waals surface area contributed by atoms with Crippen molar-refractivity contribution in [2.24, 2.45) is 0 Å². The lowest BCUT2D eigenvalue weighted by atomic mass is 9.97. The van der Waals surface area contributed by atoms with E-state index in [4.69, 9.17) is 20.5 Å². The molecule has 2 unspecified atom stereocenters. The van der Waals surface area contributed by atoms with E-state index in [0.717, 1.165) is 49.4 Å². The van der Waals surface area contributed by atoms with Gasteiger partial charge >= 0.3 is 0 Å². The molecular weight excluding hydrogens is 372 g/mol. The van der Waals surface area contributed by atoms with Crippen molar-refractivity contribution < 1.29 is 13.1 Å². The number of nitrogens with one attached hydrogen (secondary N) is 1. The molecule has 2 rings (SSSR count).